The minimum atomic E-state index is -1.95. The quantitative estimate of drug-likeness (QED) is 0.505. The van der Waals surface area contributed by atoms with Crippen LogP contribution in [0.4, 0.5) is 11.4 Å². The maximum absolute atomic E-state index is 10.5. The Morgan fingerprint density at radius 2 is 1.47 bits per heavy atom. The molecular weight excluding hydrogens is 208 g/mol. The number of carboxylic acid groups (broad SMARTS) is 1. The number of nitro benzene ring substituents is 2. The zero-order valence-electron chi connectivity index (χ0n) is 7.08. The first kappa shape index (κ1) is 10.6. The lowest BCUT2D eigenvalue weighted by molar-refractivity contribution is -0.395. The number of hydrogen-bond acceptors (Lipinski definition) is 6. The van der Waals surface area contributed by atoms with Crippen LogP contribution >= 0.6 is 0 Å². The average Bonchev–Trinajstić information content (AvgIpc) is 2.16. The third kappa shape index (κ3) is 1.88. The zero-order valence-corrected chi connectivity index (χ0v) is 7.08. The van der Waals surface area contributed by atoms with E-state index >= 15 is 0 Å². The highest BCUT2D eigenvalue weighted by Gasteiger charge is 2.25. The summed E-state index contributed by atoms with van der Waals surface area (Å²) in [5.41, 5.74) is -2.74. The summed E-state index contributed by atoms with van der Waals surface area (Å²) < 4.78 is 0. The molecule has 0 amide bonds. The van der Waals surface area contributed by atoms with Crippen molar-refractivity contribution in [1.82, 2.24) is 0 Å². The van der Waals surface area contributed by atoms with Crippen molar-refractivity contribution in [2.24, 2.45) is 0 Å². The SMILES string of the molecule is O=C([O-])c1c([N+](=O)[O-])cccc1[N+](=O)[O-]. The molecule has 0 unspecified atom stereocenters. The number of nitro groups is 2. The van der Waals surface area contributed by atoms with Gasteiger partial charge in [-0.3, -0.25) is 20.2 Å². The predicted molar refractivity (Wildman–Crippen MR) is 44.1 cm³/mol. The van der Waals surface area contributed by atoms with Crippen molar-refractivity contribution in [3.05, 3.63) is 44.0 Å². The van der Waals surface area contributed by atoms with Crippen LogP contribution in [-0.4, -0.2) is 15.8 Å². The molecule has 0 aliphatic carbocycles. The Bertz CT molecular complexity index is 423. The lowest BCUT2D eigenvalue weighted by Crippen LogP contribution is -2.24. The van der Waals surface area contributed by atoms with Crippen LogP contribution in [0.3, 0.4) is 0 Å². The molecule has 1 rings (SSSR count). The Labute approximate surface area is 82.1 Å². The van der Waals surface area contributed by atoms with Crippen LogP contribution in [0, 0.1) is 20.2 Å². The first-order chi connectivity index (χ1) is 6.95. The minimum Gasteiger partial charge on any atom is -0.544 e. The number of carboxylic acids is 1. The summed E-state index contributed by atoms with van der Waals surface area (Å²) >= 11 is 0. The number of nitrogens with zero attached hydrogens (tertiary/aromatic N) is 2. The van der Waals surface area contributed by atoms with E-state index in [0.717, 1.165) is 18.2 Å². The van der Waals surface area contributed by atoms with Gasteiger partial charge in [-0.25, -0.2) is 0 Å². The van der Waals surface area contributed by atoms with E-state index in [2.05, 4.69) is 0 Å². The van der Waals surface area contributed by atoms with Crippen LogP contribution in [0.15, 0.2) is 18.2 Å². The van der Waals surface area contributed by atoms with Crippen LogP contribution in [0.5, 0.6) is 0 Å². The fourth-order valence-corrected chi connectivity index (χ4v) is 1.04. The van der Waals surface area contributed by atoms with Crippen LogP contribution < -0.4 is 5.11 Å². The van der Waals surface area contributed by atoms with E-state index in [1.807, 2.05) is 0 Å². The van der Waals surface area contributed by atoms with Gasteiger partial charge in [0.15, 0.2) is 5.56 Å². The Kier molecular flexibility index (Phi) is 2.61. The lowest BCUT2D eigenvalue weighted by Gasteiger charge is -2.03. The number of carbonyl (C=O) groups excluding carboxylic acids is 1. The highest BCUT2D eigenvalue weighted by molar-refractivity contribution is 5.95. The number of carbonyl (C=O) groups is 1. The highest BCUT2D eigenvalue weighted by Crippen LogP contribution is 2.26. The normalized spacial score (nSPS) is 9.60. The first-order valence-electron chi connectivity index (χ1n) is 3.58. The number of rotatable bonds is 3. The average molecular weight is 211 g/mol. The van der Waals surface area contributed by atoms with Crippen molar-refractivity contribution in [2.75, 3.05) is 0 Å². The van der Waals surface area contributed by atoms with Gasteiger partial charge in [0, 0.05) is 12.1 Å². The molecule has 0 N–H and O–H groups in total. The monoisotopic (exact) mass is 211 g/mol. The van der Waals surface area contributed by atoms with Crippen LogP contribution in [-0.2, 0) is 0 Å². The van der Waals surface area contributed by atoms with E-state index in [0.29, 0.717) is 0 Å². The maximum atomic E-state index is 10.5. The molecule has 8 nitrogen and oxygen atoms in total. The second-order valence-electron chi connectivity index (χ2n) is 2.47. The standard InChI is InChI=1S/C7H4N2O6/c10-7(11)6-4(8(12)13)2-1-3-5(6)9(14)15/h1-3H,(H,10,11)/p-1. The number of benzene rings is 1. The summed E-state index contributed by atoms with van der Waals surface area (Å²) in [4.78, 5) is 29.3. The molecule has 8 heteroatoms. The molecule has 1 aromatic carbocycles. The smallest absolute Gasteiger partial charge is 0.285 e. The molecule has 0 saturated heterocycles. The fourth-order valence-electron chi connectivity index (χ4n) is 1.04. The highest BCUT2D eigenvalue weighted by atomic mass is 16.6. The van der Waals surface area contributed by atoms with Gasteiger partial charge in [-0.15, -0.1) is 0 Å². The van der Waals surface area contributed by atoms with Gasteiger partial charge in [0.05, 0.1) is 15.8 Å². The van der Waals surface area contributed by atoms with Crippen molar-refractivity contribution >= 4 is 17.3 Å². The third-order valence-corrected chi connectivity index (χ3v) is 1.62. The van der Waals surface area contributed by atoms with Gasteiger partial charge in [0.1, 0.15) is 0 Å². The third-order valence-electron chi connectivity index (χ3n) is 1.62. The summed E-state index contributed by atoms with van der Waals surface area (Å²) in [6, 6.07) is 2.75. The Balaban J connectivity index is 3.56. The topological polar surface area (TPSA) is 126 Å². The van der Waals surface area contributed by atoms with Gasteiger partial charge in [0.2, 0.25) is 0 Å². The Morgan fingerprint density at radius 1 is 1.07 bits per heavy atom. The second kappa shape index (κ2) is 3.70. The van der Waals surface area contributed by atoms with Crippen LogP contribution in [0.25, 0.3) is 0 Å². The van der Waals surface area contributed by atoms with Crippen LogP contribution in [0.1, 0.15) is 10.4 Å². The van der Waals surface area contributed by atoms with Gasteiger partial charge in [-0.2, -0.15) is 0 Å². The molecule has 15 heavy (non-hydrogen) atoms. The van der Waals surface area contributed by atoms with E-state index in [-0.39, 0.29) is 0 Å². The first-order valence-corrected chi connectivity index (χ1v) is 3.58. The van der Waals surface area contributed by atoms with E-state index in [1.165, 1.54) is 0 Å². The summed E-state index contributed by atoms with van der Waals surface area (Å²) in [6.07, 6.45) is 0. The molecule has 0 radical (unpaired) electrons. The van der Waals surface area contributed by atoms with Gasteiger partial charge in [-0.1, -0.05) is 0 Å². The van der Waals surface area contributed by atoms with Gasteiger partial charge in [-0.05, 0) is 6.07 Å². The largest absolute Gasteiger partial charge is 0.544 e. The van der Waals surface area contributed by atoms with E-state index in [4.69, 9.17) is 0 Å². The van der Waals surface area contributed by atoms with Crippen molar-refractivity contribution in [2.45, 2.75) is 0 Å². The molecule has 78 valence electrons. The van der Waals surface area contributed by atoms with Crippen molar-refractivity contribution in [1.29, 1.82) is 0 Å². The molecule has 0 spiro atoms. The predicted octanol–water partition coefficient (Wildman–Crippen LogP) is -0.133. The zero-order chi connectivity index (χ0) is 11.6. The molecule has 0 aromatic heterocycles. The van der Waals surface area contributed by atoms with Gasteiger partial charge >= 0.3 is 0 Å². The Hall–Kier alpha value is -2.51. The van der Waals surface area contributed by atoms with Gasteiger partial charge < -0.3 is 9.90 Å². The van der Waals surface area contributed by atoms with Crippen molar-refractivity contribution in [3.8, 4) is 0 Å². The summed E-state index contributed by atoms with van der Waals surface area (Å²) in [7, 11) is 0. The van der Waals surface area contributed by atoms with Gasteiger partial charge in [0.25, 0.3) is 11.4 Å². The van der Waals surface area contributed by atoms with Crippen molar-refractivity contribution in [3.63, 3.8) is 0 Å². The lowest BCUT2D eigenvalue weighted by atomic mass is 10.1. The van der Waals surface area contributed by atoms with E-state index < -0.39 is 32.8 Å². The molecule has 1 aromatic rings. The molecule has 0 atom stereocenters. The van der Waals surface area contributed by atoms with Crippen molar-refractivity contribution < 1.29 is 19.7 Å². The molecule has 0 heterocycles. The molecular formula is C7H3N2O6-. The van der Waals surface area contributed by atoms with E-state index in [1.54, 1.807) is 0 Å². The van der Waals surface area contributed by atoms with Crippen LogP contribution in [0.2, 0.25) is 0 Å². The second-order valence-corrected chi connectivity index (χ2v) is 2.47. The summed E-state index contributed by atoms with van der Waals surface area (Å²) in [6.45, 7) is 0. The molecule has 0 fully saturated rings. The number of hydrogen-bond donors (Lipinski definition) is 0. The Morgan fingerprint density at radius 3 is 1.73 bits per heavy atom. The summed E-state index contributed by atoms with van der Waals surface area (Å²) in [5.74, 6) is -1.95. The minimum absolute atomic E-state index is 0.857. The number of aromatic carboxylic acids is 1. The molecule has 0 aliphatic rings. The van der Waals surface area contributed by atoms with E-state index in [9.17, 15) is 30.1 Å². The molecule has 0 bridgehead atoms. The summed E-state index contributed by atoms with van der Waals surface area (Å²) in [5, 5.41) is 31.3. The molecule has 0 aliphatic heterocycles. The molecule has 0 saturated carbocycles. The maximum Gasteiger partial charge on any atom is 0.285 e. The fraction of sp³-hybridized carbons (Fsp3) is 0.